The Balaban J connectivity index is 1.74. The highest BCUT2D eigenvalue weighted by atomic mass is 16.3. The summed E-state index contributed by atoms with van der Waals surface area (Å²) in [6.45, 7) is 3.14. The van der Waals surface area contributed by atoms with Crippen molar-refractivity contribution in [1.82, 2.24) is 5.32 Å². The second-order valence-corrected chi connectivity index (χ2v) is 6.82. The van der Waals surface area contributed by atoms with E-state index in [4.69, 9.17) is 0 Å². The molecule has 0 saturated carbocycles. The Morgan fingerprint density at radius 2 is 1.83 bits per heavy atom. The number of unbranched alkanes of at least 4 members (excludes halogenated alkanes) is 5. The highest BCUT2D eigenvalue weighted by Crippen LogP contribution is 2.18. The molecular formula is C20H31NO2. The molecule has 23 heavy (non-hydrogen) atoms. The minimum atomic E-state index is -0.128. The fourth-order valence-electron chi connectivity index (χ4n) is 3.29. The molecule has 1 saturated heterocycles. The zero-order valence-corrected chi connectivity index (χ0v) is 14.4. The van der Waals surface area contributed by atoms with Crippen LogP contribution >= 0.6 is 0 Å². The fourth-order valence-corrected chi connectivity index (χ4v) is 3.29. The number of rotatable bonds is 10. The van der Waals surface area contributed by atoms with Crippen molar-refractivity contribution in [1.29, 1.82) is 0 Å². The van der Waals surface area contributed by atoms with Crippen molar-refractivity contribution in [2.24, 2.45) is 5.92 Å². The van der Waals surface area contributed by atoms with Crippen molar-refractivity contribution in [3.8, 4) is 0 Å². The van der Waals surface area contributed by atoms with Gasteiger partial charge in [-0.05, 0) is 30.7 Å². The number of benzene rings is 1. The van der Waals surface area contributed by atoms with Crippen LogP contribution in [-0.2, 0) is 6.42 Å². The molecule has 2 atom stereocenters. The number of carbonyl (C=O) groups excluding carboxylic acids is 1. The molecule has 2 rings (SSSR count). The zero-order chi connectivity index (χ0) is 16.5. The van der Waals surface area contributed by atoms with Crippen molar-refractivity contribution >= 4 is 5.78 Å². The summed E-state index contributed by atoms with van der Waals surface area (Å²) in [6.07, 6.45) is 9.72. The fraction of sp³-hybridized carbons (Fsp3) is 0.650. The predicted molar refractivity (Wildman–Crippen MR) is 94.8 cm³/mol. The molecule has 0 radical (unpaired) electrons. The van der Waals surface area contributed by atoms with Gasteiger partial charge in [0.05, 0.1) is 6.04 Å². The number of ketones is 1. The van der Waals surface area contributed by atoms with Crippen LogP contribution in [0.2, 0.25) is 0 Å². The number of carbonyl (C=O) groups is 1. The van der Waals surface area contributed by atoms with Gasteiger partial charge in [0.2, 0.25) is 0 Å². The lowest BCUT2D eigenvalue weighted by Gasteiger charge is -2.10. The van der Waals surface area contributed by atoms with Crippen molar-refractivity contribution < 1.29 is 9.90 Å². The number of aliphatic hydroxyl groups is 1. The molecule has 128 valence electrons. The Labute approximate surface area is 140 Å². The molecule has 0 amide bonds. The minimum Gasteiger partial charge on any atom is -0.396 e. The normalized spacial score (nSPS) is 20.8. The first-order valence-corrected chi connectivity index (χ1v) is 9.22. The maximum Gasteiger partial charge on any atom is 0.179 e. The van der Waals surface area contributed by atoms with Crippen LogP contribution in [-0.4, -0.2) is 30.1 Å². The Morgan fingerprint density at radius 1 is 1.13 bits per heavy atom. The molecule has 1 fully saturated rings. The van der Waals surface area contributed by atoms with Gasteiger partial charge in [0.15, 0.2) is 5.78 Å². The van der Waals surface area contributed by atoms with Gasteiger partial charge in [-0.2, -0.15) is 0 Å². The summed E-state index contributed by atoms with van der Waals surface area (Å²) in [6, 6.07) is 7.98. The number of Topliss-reactive ketones (excluding diaryl/α,β-unsaturated/α-hetero) is 1. The van der Waals surface area contributed by atoms with Gasteiger partial charge in [-0.25, -0.2) is 0 Å². The molecule has 3 nitrogen and oxygen atoms in total. The minimum absolute atomic E-state index is 0.128. The van der Waals surface area contributed by atoms with Crippen LogP contribution in [0.4, 0.5) is 0 Å². The van der Waals surface area contributed by atoms with Gasteiger partial charge in [0, 0.05) is 18.7 Å². The Bertz CT molecular complexity index is 469. The van der Waals surface area contributed by atoms with Crippen molar-refractivity contribution in [2.45, 2.75) is 64.3 Å². The predicted octanol–water partition coefficient (Wildman–Crippen LogP) is 3.74. The maximum absolute atomic E-state index is 12.4. The van der Waals surface area contributed by atoms with Crippen LogP contribution in [0.3, 0.4) is 0 Å². The summed E-state index contributed by atoms with van der Waals surface area (Å²) >= 11 is 0. The lowest BCUT2D eigenvalue weighted by molar-refractivity contribution is 0.0949. The molecule has 0 unspecified atom stereocenters. The van der Waals surface area contributed by atoms with E-state index in [-0.39, 0.29) is 24.3 Å². The molecule has 1 aliphatic heterocycles. The van der Waals surface area contributed by atoms with Crippen molar-refractivity contribution in [3.05, 3.63) is 35.4 Å². The average Bonchev–Trinajstić information content (AvgIpc) is 3.07. The van der Waals surface area contributed by atoms with Gasteiger partial charge in [-0.15, -0.1) is 0 Å². The molecule has 0 aromatic heterocycles. The van der Waals surface area contributed by atoms with Crippen LogP contribution in [0.5, 0.6) is 0 Å². The molecule has 1 aromatic rings. The summed E-state index contributed by atoms with van der Waals surface area (Å²) in [7, 11) is 0. The average molecular weight is 317 g/mol. The van der Waals surface area contributed by atoms with Crippen molar-refractivity contribution in [2.75, 3.05) is 13.2 Å². The van der Waals surface area contributed by atoms with Gasteiger partial charge < -0.3 is 10.4 Å². The number of hydrogen-bond acceptors (Lipinski definition) is 3. The third kappa shape index (κ3) is 5.74. The Hall–Kier alpha value is -1.19. The quantitative estimate of drug-likeness (QED) is 0.510. The lowest BCUT2D eigenvalue weighted by Crippen LogP contribution is -2.30. The second kappa shape index (κ2) is 9.84. The van der Waals surface area contributed by atoms with E-state index in [2.05, 4.69) is 24.4 Å². The zero-order valence-electron chi connectivity index (χ0n) is 14.4. The van der Waals surface area contributed by atoms with E-state index in [1.54, 1.807) is 0 Å². The number of aliphatic hydroxyl groups excluding tert-OH is 1. The molecule has 0 bridgehead atoms. The first-order chi connectivity index (χ1) is 11.2. The molecule has 1 heterocycles. The first-order valence-electron chi connectivity index (χ1n) is 9.22. The smallest absolute Gasteiger partial charge is 0.179 e. The molecule has 0 spiro atoms. The van der Waals surface area contributed by atoms with Crippen molar-refractivity contribution in [3.63, 3.8) is 0 Å². The van der Waals surface area contributed by atoms with E-state index in [1.165, 1.54) is 44.1 Å². The highest BCUT2D eigenvalue weighted by Gasteiger charge is 2.29. The van der Waals surface area contributed by atoms with E-state index in [0.29, 0.717) is 0 Å². The monoisotopic (exact) mass is 317 g/mol. The van der Waals surface area contributed by atoms with Crippen LogP contribution in [0, 0.1) is 5.92 Å². The third-order valence-corrected chi connectivity index (χ3v) is 4.85. The summed E-state index contributed by atoms with van der Waals surface area (Å²) in [4.78, 5) is 12.4. The van der Waals surface area contributed by atoms with Crippen LogP contribution in [0.1, 0.15) is 67.8 Å². The molecule has 0 aliphatic carbocycles. The van der Waals surface area contributed by atoms with E-state index >= 15 is 0 Å². The van der Waals surface area contributed by atoms with E-state index in [1.807, 2.05) is 12.1 Å². The molecule has 1 aliphatic rings. The summed E-state index contributed by atoms with van der Waals surface area (Å²) in [5.74, 6) is 0.378. The third-order valence-electron chi connectivity index (χ3n) is 4.85. The summed E-state index contributed by atoms with van der Waals surface area (Å²) in [5.41, 5.74) is 2.11. The van der Waals surface area contributed by atoms with Crippen LogP contribution in [0.15, 0.2) is 24.3 Å². The Kier molecular flexibility index (Phi) is 7.77. The number of nitrogens with one attached hydrogen (secondary N) is 1. The molecular weight excluding hydrogens is 286 g/mol. The van der Waals surface area contributed by atoms with Crippen LogP contribution < -0.4 is 5.32 Å². The van der Waals surface area contributed by atoms with E-state index in [0.717, 1.165) is 24.9 Å². The second-order valence-electron chi connectivity index (χ2n) is 6.82. The molecule has 1 aromatic carbocycles. The van der Waals surface area contributed by atoms with Gasteiger partial charge in [0.25, 0.3) is 0 Å². The number of aryl methyl sites for hydroxylation is 1. The largest absolute Gasteiger partial charge is 0.396 e. The van der Waals surface area contributed by atoms with E-state index in [9.17, 15) is 9.90 Å². The van der Waals surface area contributed by atoms with Crippen LogP contribution in [0.25, 0.3) is 0 Å². The summed E-state index contributed by atoms with van der Waals surface area (Å²) < 4.78 is 0. The van der Waals surface area contributed by atoms with Gasteiger partial charge in [-0.1, -0.05) is 63.3 Å². The number of hydrogen-bond donors (Lipinski definition) is 2. The first kappa shape index (κ1) is 18.2. The highest BCUT2D eigenvalue weighted by molar-refractivity contribution is 6.00. The van der Waals surface area contributed by atoms with Gasteiger partial charge in [-0.3, -0.25) is 4.79 Å². The summed E-state index contributed by atoms with van der Waals surface area (Å²) in [5, 5.41) is 12.4. The van der Waals surface area contributed by atoms with Gasteiger partial charge >= 0.3 is 0 Å². The Morgan fingerprint density at radius 3 is 2.48 bits per heavy atom. The van der Waals surface area contributed by atoms with Gasteiger partial charge in [0.1, 0.15) is 0 Å². The maximum atomic E-state index is 12.4. The topological polar surface area (TPSA) is 49.3 Å². The lowest BCUT2D eigenvalue weighted by atomic mass is 9.97. The standard InChI is InChI=1S/C20H31NO2/c1-2-3-4-5-6-7-8-16-9-11-18(12-10-16)20(23)19-13-17(15-22)14-21-19/h9-12,17,19,21-22H,2-8,13-15H2,1H3/t17-,19+/m0/s1. The molecule has 3 heteroatoms. The SMILES string of the molecule is CCCCCCCCc1ccc(C(=O)[C@H]2C[C@H](CO)CN2)cc1. The molecule has 2 N–H and O–H groups in total. The van der Waals surface area contributed by atoms with E-state index < -0.39 is 0 Å².